The fraction of sp³-hybridized carbons (Fsp3) is 0.158. The molecule has 0 saturated carbocycles. The van der Waals surface area contributed by atoms with Gasteiger partial charge in [0.15, 0.2) is 5.17 Å². The fourth-order valence-corrected chi connectivity index (χ4v) is 3.68. The van der Waals surface area contributed by atoms with Crippen LogP contribution in [0.3, 0.4) is 0 Å². The van der Waals surface area contributed by atoms with Gasteiger partial charge in [-0.3, -0.25) is 14.5 Å². The largest absolute Gasteiger partial charge is 0.282 e. The molecule has 2 heterocycles. The van der Waals surface area contributed by atoms with E-state index in [0.717, 1.165) is 11.3 Å². The summed E-state index contributed by atoms with van der Waals surface area (Å²) in [5, 5.41) is 5.44. The Morgan fingerprint density at radius 3 is 2.54 bits per heavy atom. The molecule has 0 atom stereocenters. The van der Waals surface area contributed by atoms with Gasteiger partial charge in [-0.15, -0.1) is 5.10 Å². The van der Waals surface area contributed by atoms with Crippen LogP contribution >= 0.6 is 11.8 Å². The van der Waals surface area contributed by atoms with Gasteiger partial charge in [0.05, 0.1) is 22.3 Å². The van der Waals surface area contributed by atoms with Gasteiger partial charge in [0, 0.05) is 0 Å². The van der Waals surface area contributed by atoms with E-state index in [4.69, 9.17) is 0 Å². The zero-order valence-electron chi connectivity index (χ0n) is 14.3. The van der Waals surface area contributed by atoms with E-state index in [2.05, 4.69) is 10.1 Å². The van der Waals surface area contributed by atoms with Crippen LogP contribution in [0.15, 0.2) is 58.4 Å². The maximum absolute atomic E-state index is 12.8. The number of amides is 1. The zero-order chi connectivity index (χ0) is 18.3. The van der Waals surface area contributed by atoms with Crippen molar-refractivity contribution >= 4 is 39.4 Å². The maximum atomic E-state index is 12.8. The smallest absolute Gasteiger partial charge is 0.273 e. The Labute approximate surface area is 154 Å². The number of benzene rings is 2. The molecule has 0 bridgehead atoms. The molecular weight excluding hydrogens is 348 g/mol. The number of fused-ring (bicyclic) bond motifs is 1. The Morgan fingerprint density at radius 2 is 1.77 bits per heavy atom. The summed E-state index contributed by atoms with van der Waals surface area (Å²) in [5.74, 6) is 0.712. The van der Waals surface area contributed by atoms with Crippen molar-refractivity contribution in [2.45, 2.75) is 13.8 Å². The van der Waals surface area contributed by atoms with Crippen molar-refractivity contribution in [1.29, 1.82) is 0 Å². The quantitative estimate of drug-likeness (QED) is 0.701. The molecule has 0 radical (unpaired) electrons. The number of aryl methyl sites for hydroxylation is 2. The number of rotatable bonds is 2. The summed E-state index contributed by atoms with van der Waals surface area (Å²) in [6.07, 6.45) is 0. The first-order valence-corrected chi connectivity index (χ1v) is 9.13. The third-order valence-corrected chi connectivity index (χ3v) is 5.07. The van der Waals surface area contributed by atoms with Crippen LogP contribution in [-0.2, 0) is 4.79 Å². The summed E-state index contributed by atoms with van der Waals surface area (Å²) in [4.78, 5) is 31.2. The number of nitrogens with zero attached hydrogens (tertiary/aromatic N) is 4. The predicted molar refractivity (Wildman–Crippen MR) is 105 cm³/mol. The molecule has 1 aliphatic rings. The van der Waals surface area contributed by atoms with Crippen molar-refractivity contribution < 1.29 is 4.79 Å². The Morgan fingerprint density at radius 1 is 1.04 bits per heavy atom. The Balaban J connectivity index is 1.85. The monoisotopic (exact) mass is 364 g/mol. The van der Waals surface area contributed by atoms with Crippen molar-refractivity contribution in [3.05, 3.63) is 70.3 Å². The Kier molecular flexibility index (Phi) is 4.08. The number of carbonyl (C=O) groups is 1. The predicted octanol–water partition coefficient (Wildman–Crippen LogP) is 2.91. The molecule has 0 aliphatic carbocycles. The highest BCUT2D eigenvalue weighted by molar-refractivity contribution is 8.15. The van der Waals surface area contributed by atoms with Crippen LogP contribution in [0, 0.1) is 13.8 Å². The molecule has 1 aliphatic heterocycles. The van der Waals surface area contributed by atoms with E-state index >= 15 is 0 Å². The van der Waals surface area contributed by atoms with Gasteiger partial charge in [0.2, 0.25) is 5.91 Å². The SMILES string of the molecule is Cc1ccc(N2C(=O)CS/C2=N\n2c(C)nc3ccccc3c2=O)cc1. The number of hydrogen-bond acceptors (Lipinski definition) is 5. The average Bonchev–Trinajstić information content (AvgIpc) is 3.00. The lowest BCUT2D eigenvalue weighted by Gasteiger charge is -2.16. The molecule has 130 valence electrons. The number of carbonyl (C=O) groups excluding carboxylic acids is 1. The first kappa shape index (κ1) is 16.5. The molecule has 1 aromatic heterocycles. The lowest BCUT2D eigenvalue weighted by molar-refractivity contribution is -0.115. The van der Waals surface area contributed by atoms with Gasteiger partial charge < -0.3 is 0 Å². The van der Waals surface area contributed by atoms with E-state index in [1.54, 1.807) is 30.0 Å². The van der Waals surface area contributed by atoms with Crippen LogP contribution in [0.25, 0.3) is 10.9 Å². The second-order valence-corrected chi connectivity index (χ2v) is 6.97. The first-order chi connectivity index (χ1) is 12.5. The molecule has 0 spiro atoms. The summed E-state index contributed by atoms with van der Waals surface area (Å²) >= 11 is 1.31. The molecular formula is C19H16N4O2S. The van der Waals surface area contributed by atoms with E-state index in [-0.39, 0.29) is 11.5 Å². The number of thioether (sulfide) groups is 1. The summed E-state index contributed by atoms with van der Waals surface area (Å²) in [6.45, 7) is 3.72. The van der Waals surface area contributed by atoms with Gasteiger partial charge in [0.1, 0.15) is 5.82 Å². The molecule has 4 rings (SSSR count). The molecule has 26 heavy (non-hydrogen) atoms. The normalized spacial score (nSPS) is 16.0. The minimum atomic E-state index is -0.246. The molecule has 6 nitrogen and oxygen atoms in total. The minimum Gasteiger partial charge on any atom is -0.273 e. The number of anilines is 1. The van der Waals surface area contributed by atoms with Crippen LogP contribution < -0.4 is 10.5 Å². The summed E-state index contributed by atoms with van der Waals surface area (Å²) in [7, 11) is 0. The van der Waals surface area contributed by atoms with E-state index in [0.29, 0.717) is 27.6 Å². The first-order valence-electron chi connectivity index (χ1n) is 8.14. The van der Waals surface area contributed by atoms with Crippen molar-refractivity contribution in [3.63, 3.8) is 0 Å². The standard InChI is InChI=1S/C19H16N4O2S/c1-12-7-9-14(10-8-12)22-17(24)11-26-19(22)21-23-13(2)20-16-6-4-3-5-15(16)18(23)25/h3-10H,11H2,1-2H3/b21-19-. The topological polar surface area (TPSA) is 67.6 Å². The molecule has 7 heteroatoms. The van der Waals surface area contributed by atoms with Crippen LogP contribution in [0.2, 0.25) is 0 Å². The Hall–Kier alpha value is -2.93. The summed E-state index contributed by atoms with van der Waals surface area (Å²) < 4.78 is 1.27. The molecule has 0 unspecified atom stereocenters. The molecule has 1 fully saturated rings. The van der Waals surface area contributed by atoms with Crippen molar-refractivity contribution in [1.82, 2.24) is 9.66 Å². The maximum Gasteiger partial charge on any atom is 0.282 e. The van der Waals surface area contributed by atoms with E-state index in [9.17, 15) is 9.59 Å². The second kappa shape index (κ2) is 6.42. The van der Waals surface area contributed by atoms with Gasteiger partial charge in [-0.2, -0.15) is 4.68 Å². The highest BCUT2D eigenvalue weighted by Gasteiger charge is 2.30. The van der Waals surface area contributed by atoms with Crippen molar-refractivity contribution in [2.75, 3.05) is 10.7 Å². The molecule has 3 aromatic rings. The van der Waals surface area contributed by atoms with Crippen LogP contribution in [0.1, 0.15) is 11.4 Å². The van der Waals surface area contributed by atoms with Gasteiger partial charge in [-0.1, -0.05) is 41.6 Å². The number of para-hydroxylation sites is 1. The highest BCUT2D eigenvalue weighted by atomic mass is 32.2. The van der Waals surface area contributed by atoms with E-state index < -0.39 is 0 Å². The van der Waals surface area contributed by atoms with Gasteiger partial charge in [-0.25, -0.2) is 4.98 Å². The minimum absolute atomic E-state index is 0.0583. The third kappa shape index (κ3) is 2.80. The van der Waals surface area contributed by atoms with Crippen LogP contribution in [0.5, 0.6) is 0 Å². The van der Waals surface area contributed by atoms with Crippen molar-refractivity contribution in [3.8, 4) is 0 Å². The molecule has 0 N–H and O–H groups in total. The number of aromatic nitrogens is 2. The summed E-state index contributed by atoms with van der Waals surface area (Å²) in [6, 6.07) is 14.8. The molecule has 2 aromatic carbocycles. The van der Waals surface area contributed by atoms with Crippen molar-refractivity contribution in [2.24, 2.45) is 5.10 Å². The number of hydrogen-bond donors (Lipinski definition) is 0. The molecule has 1 saturated heterocycles. The molecule has 1 amide bonds. The van der Waals surface area contributed by atoms with Gasteiger partial charge in [-0.05, 0) is 38.1 Å². The van der Waals surface area contributed by atoms with Gasteiger partial charge >= 0.3 is 0 Å². The second-order valence-electron chi connectivity index (χ2n) is 6.03. The summed E-state index contributed by atoms with van der Waals surface area (Å²) in [5.41, 5.74) is 2.24. The Bertz CT molecular complexity index is 1100. The highest BCUT2D eigenvalue weighted by Crippen LogP contribution is 2.27. The van der Waals surface area contributed by atoms with Gasteiger partial charge in [0.25, 0.3) is 5.56 Å². The lowest BCUT2D eigenvalue weighted by atomic mass is 10.2. The van der Waals surface area contributed by atoms with E-state index in [1.165, 1.54) is 16.4 Å². The average molecular weight is 364 g/mol. The third-order valence-electron chi connectivity index (χ3n) is 4.16. The number of amidine groups is 1. The lowest BCUT2D eigenvalue weighted by Crippen LogP contribution is -2.31. The zero-order valence-corrected chi connectivity index (χ0v) is 15.2. The van der Waals surface area contributed by atoms with E-state index in [1.807, 2.05) is 37.3 Å². The van der Waals surface area contributed by atoms with Crippen LogP contribution in [0.4, 0.5) is 5.69 Å². The van der Waals surface area contributed by atoms with Crippen LogP contribution in [-0.4, -0.2) is 26.5 Å². The fourth-order valence-electron chi connectivity index (χ4n) is 2.82.